The van der Waals surface area contributed by atoms with Gasteiger partial charge < -0.3 is 9.84 Å². The van der Waals surface area contributed by atoms with E-state index in [1.54, 1.807) is 0 Å². The molecule has 2 aromatic carbocycles. The van der Waals surface area contributed by atoms with Crippen LogP contribution in [0.25, 0.3) is 10.8 Å². The number of rotatable bonds is 4. The molecule has 0 radical (unpaired) electrons. The maximum absolute atomic E-state index is 10.7. The molecular formula is C18H23NO2. The highest BCUT2D eigenvalue weighted by Crippen LogP contribution is 2.27. The van der Waals surface area contributed by atoms with Gasteiger partial charge in [0.2, 0.25) is 0 Å². The van der Waals surface area contributed by atoms with Crippen LogP contribution >= 0.6 is 0 Å². The molecule has 1 heterocycles. The highest BCUT2D eigenvalue weighted by Gasteiger charge is 2.31. The average Bonchev–Trinajstić information content (AvgIpc) is 2.54. The second-order valence-electron chi connectivity index (χ2n) is 6.03. The maximum Gasteiger partial charge on any atom is 0.149 e. The molecule has 3 heteroatoms. The van der Waals surface area contributed by atoms with Crippen LogP contribution in [0, 0.1) is 0 Å². The van der Waals surface area contributed by atoms with Gasteiger partial charge in [0.25, 0.3) is 0 Å². The smallest absolute Gasteiger partial charge is 0.149 e. The Morgan fingerprint density at radius 1 is 1.05 bits per heavy atom. The van der Waals surface area contributed by atoms with Crippen LogP contribution in [-0.2, 0) is 0 Å². The van der Waals surface area contributed by atoms with E-state index in [4.69, 9.17) is 4.74 Å². The number of piperidine rings is 1. The molecule has 2 aromatic rings. The van der Waals surface area contributed by atoms with E-state index in [-0.39, 0.29) is 0 Å². The number of benzene rings is 2. The first-order valence-electron chi connectivity index (χ1n) is 7.75. The van der Waals surface area contributed by atoms with Crippen molar-refractivity contribution in [1.29, 1.82) is 0 Å². The van der Waals surface area contributed by atoms with E-state index in [9.17, 15) is 5.11 Å². The molecule has 3 rings (SSSR count). The summed E-state index contributed by atoms with van der Waals surface area (Å²) in [6, 6.07) is 14.2. The fourth-order valence-corrected chi connectivity index (χ4v) is 3.00. The zero-order chi connectivity index (χ0) is 14.7. The third-order valence-electron chi connectivity index (χ3n) is 4.29. The SMILES string of the molecule is CC(O)(COc1cccc2ccccc12)N1CCCCC1. The molecular weight excluding hydrogens is 262 g/mol. The summed E-state index contributed by atoms with van der Waals surface area (Å²) in [5.74, 6) is 0.838. The van der Waals surface area contributed by atoms with Crippen LogP contribution < -0.4 is 4.74 Å². The van der Waals surface area contributed by atoms with Gasteiger partial charge in [0.15, 0.2) is 0 Å². The molecule has 1 saturated heterocycles. The Bertz CT molecular complexity index is 598. The first-order valence-corrected chi connectivity index (χ1v) is 7.75. The molecule has 1 fully saturated rings. The first kappa shape index (κ1) is 14.4. The topological polar surface area (TPSA) is 32.7 Å². The predicted molar refractivity (Wildman–Crippen MR) is 85.5 cm³/mol. The normalized spacial score (nSPS) is 19.3. The summed E-state index contributed by atoms with van der Waals surface area (Å²) in [6.07, 6.45) is 3.57. The van der Waals surface area contributed by atoms with Crippen LogP contribution in [-0.4, -0.2) is 35.4 Å². The van der Waals surface area contributed by atoms with E-state index in [0.29, 0.717) is 6.61 Å². The minimum absolute atomic E-state index is 0.293. The minimum atomic E-state index is -0.905. The molecule has 1 unspecified atom stereocenters. The Kier molecular flexibility index (Phi) is 4.13. The van der Waals surface area contributed by atoms with Gasteiger partial charge >= 0.3 is 0 Å². The van der Waals surface area contributed by atoms with Gasteiger partial charge in [0.1, 0.15) is 18.1 Å². The summed E-state index contributed by atoms with van der Waals surface area (Å²) in [5.41, 5.74) is -0.905. The lowest BCUT2D eigenvalue weighted by Gasteiger charge is -2.39. The third-order valence-corrected chi connectivity index (χ3v) is 4.29. The molecule has 1 atom stereocenters. The molecule has 0 saturated carbocycles. The number of likely N-dealkylation sites (tertiary alicyclic amines) is 1. The van der Waals surface area contributed by atoms with Gasteiger partial charge in [-0.15, -0.1) is 0 Å². The van der Waals surface area contributed by atoms with E-state index in [1.807, 2.05) is 31.2 Å². The highest BCUT2D eigenvalue weighted by molar-refractivity contribution is 5.88. The summed E-state index contributed by atoms with van der Waals surface area (Å²) in [7, 11) is 0. The predicted octanol–water partition coefficient (Wildman–Crippen LogP) is 3.41. The standard InChI is InChI=1S/C18H23NO2/c1-18(20,19-12-5-2-6-13-19)14-21-17-11-7-9-15-8-3-4-10-16(15)17/h3-4,7-11,20H,2,5-6,12-14H2,1H3. The fraction of sp³-hybridized carbons (Fsp3) is 0.444. The van der Waals surface area contributed by atoms with Crippen molar-refractivity contribution in [2.45, 2.75) is 31.9 Å². The van der Waals surface area contributed by atoms with Crippen LogP contribution in [0.1, 0.15) is 26.2 Å². The average molecular weight is 285 g/mol. The van der Waals surface area contributed by atoms with E-state index in [2.05, 4.69) is 23.1 Å². The number of fused-ring (bicyclic) bond motifs is 1. The fourth-order valence-electron chi connectivity index (χ4n) is 3.00. The summed E-state index contributed by atoms with van der Waals surface area (Å²) in [4.78, 5) is 2.13. The second-order valence-corrected chi connectivity index (χ2v) is 6.03. The molecule has 0 aliphatic carbocycles. The molecule has 3 nitrogen and oxygen atoms in total. The molecule has 1 aliphatic rings. The molecule has 21 heavy (non-hydrogen) atoms. The second kappa shape index (κ2) is 6.04. The molecule has 0 spiro atoms. The van der Waals surface area contributed by atoms with Gasteiger partial charge in [-0.25, -0.2) is 0 Å². The Morgan fingerprint density at radius 3 is 2.57 bits per heavy atom. The van der Waals surface area contributed by atoms with E-state index < -0.39 is 5.72 Å². The van der Waals surface area contributed by atoms with Crippen molar-refractivity contribution in [2.24, 2.45) is 0 Å². The number of nitrogens with zero attached hydrogens (tertiary/aromatic N) is 1. The monoisotopic (exact) mass is 285 g/mol. The Morgan fingerprint density at radius 2 is 1.76 bits per heavy atom. The van der Waals surface area contributed by atoms with E-state index in [1.165, 1.54) is 6.42 Å². The number of ether oxygens (including phenoxy) is 1. The number of hydrogen-bond donors (Lipinski definition) is 1. The van der Waals surface area contributed by atoms with Crippen LogP contribution in [0.15, 0.2) is 42.5 Å². The van der Waals surface area contributed by atoms with Gasteiger partial charge in [0, 0.05) is 18.5 Å². The minimum Gasteiger partial charge on any atom is -0.488 e. The van der Waals surface area contributed by atoms with Crippen LogP contribution in [0.4, 0.5) is 0 Å². The van der Waals surface area contributed by atoms with Crippen LogP contribution in [0.3, 0.4) is 0 Å². The zero-order valence-corrected chi connectivity index (χ0v) is 12.6. The summed E-state index contributed by atoms with van der Waals surface area (Å²) in [6.45, 7) is 4.04. The van der Waals surface area contributed by atoms with Crippen molar-refractivity contribution in [1.82, 2.24) is 4.90 Å². The van der Waals surface area contributed by atoms with E-state index >= 15 is 0 Å². The molecule has 112 valence electrons. The molecule has 0 amide bonds. The highest BCUT2D eigenvalue weighted by atomic mass is 16.5. The van der Waals surface area contributed by atoms with Gasteiger partial charge in [-0.2, -0.15) is 0 Å². The Balaban J connectivity index is 1.73. The third kappa shape index (κ3) is 3.20. The van der Waals surface area contributed by atoms with Crippen molar-refractivity contribution < 1.29 is 9.84 Å². The quantitative estimate of drug-likeness (QED) is 0.934. The largest absolute Gasteiger partial charge is 0.488 e. The Labute approximate surface area is 126 Å². The first-order chi connectivity index (χ1) is 10.2. The van der Waals surface area contributed by atoms with Crippen LogP contribution in [0.5, 0.6) is 5.75 Å². The van der Waals surface area contributed by atoms with Crippen molar-refractivity contribution >= 4 is 10.8 Å². The molecule has 0 aromatic heterocycles. The summed E-state index contributed by atoms with van der Waals surface area (Å²) >= 11 is 0. The number of hydrogen-bond acceptors (Lipinski definition) is 3. The van der Waals surface area contributed by atoms with Gasteiger partial charge in [0.05, 0.1) is 0 Å². The summed E-state index contributed by atoms with van der Waals surface area (Å²) in [5, 5.41) is 12.9. The number of aliphatic hydroxyl groups is 1. The lowest BCUT2D eigenvalue weighted by atomic mass is 10.1. The van der Waals surface area contributed by atoms with Gasteiger partial charge in [-0.1, -0.05) is 42.8 Å². The van der Waals surface area contributed by atoms with Crippen molar-refractivity contribution in [3.63, 3.8) is 0 Å². The van der Waals surface area contributed by atoms with Crippen molar-refractivity contribution in [2.75, 3.05) is 19.7 Å². The Hall–Kier alpha value is -1.58. The van der Waals surface area contributed by atoms with Crippen molar-refractivity contribution in [3.8, 4) is 5.75 Å². The molecule has 0 bridgehead atoms. The maximum atomic E-state index is 10.7. The van der Waals surface area contributed by atoms with Crippen molar-refractivity contribution in [3.05, 3.63) is 42.5 Å². The zero-order valence-electron chi connectivity index (χ0n) is 12.6. The molecule has 1 N–H and O–H groups in total. The van der Waals surface area contributed by atoms with Crippen LogP contribution in [0.2, 0.25) is 0 Å². The molecule has 1 aliphatic heterocycles. The van der Waals surface area contributed by atoms with Gasteiger partial charge in [-0.05, 0) is 31.2 Å². The lowest BCUT2D eigenvalue weighted by Crippen LogP contribution is -2.52. The lowest BCUT2D eigenvalue weighted by molar-refractivity contribution is -0.125. The van der Waals surface area contributed by atoms with Gasteiger partial charge in [-0.3, -0.25) is 4.90 Å². The summed E-state index contributed by atoms with van der Waals surface area (Å²) < 4.78 is 5.95. The van der Waals surface area contributed by atoms with E-state index in [0.717, 1.165) is 42.5 Å².